The smallest absolute Gasteiger partial charge is 0.162 e. The zero-order valence-corrected chi connectivity index (χ0v) is 13.1. The first-order valence-corrected chi connectivity index (χ1v) is 7.15. The summed E-state index contributed by atoms with van der Waals surface area (Å²) in [4.78, 5) is 9.24. The normalized spacial score (nSPS) is 11.9. The van der Waals surface area contributed by atoms with Gasteiger partial charge in [-0.3, -0.25) is 0 Å². The lowest BCUT2D eigenvalue weighted by Gasteiger charge is -2.24. The highest BCUT2D eigenvalue weighted by Crippen LogP contribution is 2.23. The maximum absolute atomic E-state index is 5.76. The zero-order valence-electron chi connectivity index (χ0n) is 13.1. The standard InChI is InChI=1S/C15H27N3O/c1-7-16-13-10-12(9-11(3)4)17-14(18-13)15(5,6)19-8-2/h10-11H,7-9H2,1-6H3,(H,16,17,18). The van der Waals surface area contributed by atoms with E-state index in [2.05, 4.69) is 36.1 Å². The predicted octanol–water partition coefficient (Wildman–Crippen LogP) is 3.38. The van der Waals surface area contributed by atoms with Crippen LogP contribution in [-0.4, -0.2) is 23.1 Å². The number of rotatable bonds is 7. The van der Waals surface area contributed by atoms with Crippen molar-refractivity contribution in [3.8, 4) is 0 Å². The van der Waals surface area contributed by atoms with Crippen LogP contribution in [0.5, 0.6) is 0 Å². The Morgan fingerprint density at radius 3 is 2.47 bits per heavy atom. The Morgan fingerprint density at radius 1 is 1.26 bits per heavy atom. The van der Waals surface area contributed by atoms with Crippen LogP contribution < -0.4 is 5.32 Å². The first-order valence-electron chi connectivity index (χ1n) is 7.15. The highest BCUT2D eigenvalue weighted by molar-refractivity contribution is 5.36. The van der Waals surface area contributed by atoms with Gasteiger partial charge in [0, 0.05) is 24.9 Å². The Labute approximate surface area is 117 Å². The Morgan fingerprint density at radius 2 is 1.95 bits per heavy atom. The van der Waals surface area contributed by atoms with Gasteiger partial charge < -0.3 is 10.1 Å². The Hall–Kier alpha value is -1.16. The average molecular weight is 265 g/mol. The molecule has 0 unspecified atom stereocenters. The largest absolute Gasteiger partial charge is 0.370 e. The first-order chi connectivity index (χ1) is 8.89. The van der Waals surface area contributed by atoms with E-state index in [-0.39, 0.29) is 0 Å². The van der Waals surface area contributed by atoms with Gasteiger partial charge in [-0.2, -0.15) is 0 Å². The van der Waals surface area contributed by atoms with Crippen LogP contribution in [0.3, 0.4) is 0 Å². The van der Waals surface area contributed by atoms with E-state index in [0.29, 0.717) is 12.5 Å². The maximum Gasteiger partial charge on any atom is 0.162 e. The monoisotopic (exact) mass is 265 g/mol. The lowest BCUT2D eigenvalue weighted by molar-refractivity contribution is -0.0208. The molecule has 0 aromatic carbocycles. The van der Waals surface area contributed by atoms with Crippen molar-refractivity contribution in [2.45, 2.75) is 53.6 Å². The minimum Gasteiger partial charge on any atom is -0.370 e. The van der Waals surface area contributed by atoms with Crippen LogP contribution >= 0.6 is 0 Å². The second-order valence-corrected chi connectivity index (χ2v) is 5.64. The van der Waals surface area contributed by atoms with E-state index in [1.54, 1.807) is 0 Å². The van der Waals surface area contributed by atoms with Gasteiger partial charge in [0.1, 0.15) is 11.4 Å². The molecular formula is C15H27N3O. The van der Waals surface area contributed by atoms with Gasteiger partial charge in [0.15, 0.2) is 5.82 Å². The highest BCUT2D eigenvalue weighted by Gasteiger charge is 2.25. The van der Waals surface area contributed by atoms with Crippen LogP contribution in [0.1, 0.15) is 53.1 Å². The number of aromatic nitrogens is 2. The molecule has 0 saturated heterocycles. The number of hydrogen-bond donors (Lipinski definition) is 1. The van der Waals surface area contributed by atoms with Gasteiger partial charge in [0.05, 0.1) is 0 Å². The molecule has 1 rings (SSSR count). The molecule has 1 aromatic heterocycles. The van der Waals surface area contributed by atoms with Crippen molar-refractivity contribution in [1.29, 1.82) is 0 Å². The third kappa shape index (κ3) is 4.78. The van der Waals surface area contributed by atoms with Crippen molar-refractivity contribution in [2.24, 2.45) is 5.92 Å². The van der Waals surface area contributed by atoms with Crippen molar-refractivity contribution in [3.63, 3.8) is 0 Å². The molecule has 0 radical (unpaired) electrons. The number of ether oxygens (including phenoxy) is 1. The van der Waals surface area contributed by atoms with Crippen LogP contribution in [0.4, 0.5) is 5.82 Å². The van der Waals surface area contributed by atoms with Crippen molar-refractivity contribution in [2.75, 3.05) is 18.5 Å². The number of nitrogens with zero attached hydrogens (tertiary/aromatic N) is 2. The van der Waals surface area contributed by atoms with Gasteiger partial charge in [0.2, 0.25) is 0 Å². The predicted molar refractivity (Wildman–Crippen MR) is 79.4 cm³/mol. The molecule has 0 aliphatic carbocycles. The SMILES string of the molecule is CCNc1cc(CC(C)C)nc(C(C)(C)OCC)n1. The van der Waals surface area contributed by atoms with Gasteiger partial charge >= 0.3 is 0 Å². The summed E-state index contributed by atoms with van der Waals surface area (Å²) in [6, 6.07) is 2.04. The van der Waals surface area contributed by atoms with Crippen LogP contribution in [0.25, 0.3) is 0 Å². The Kier molecular flexibility index (Phi) is 5.73. The fourth-order valence-electron chi connectivity index (χ4n) is 1.99. The molecule has 0 aliphatic heterocycles. The summed E-state index contributed by atoms with van der Waals surface area (Å²) >= 11 is 0. The number of nitrogens with one attached hydrogen (secondary N) is 1. The maximum atomic E-state index is 5.76. The minimum absolute atomic E-state index is 0.452. The van der Waals surface area contributed by atoms with Crippen LogP contribution in [0.2, 0.25) is 0 Å². The second kappa shape index (κ2) is 6.85. The highest BCUT2D eigenvalue weighted by atomic mass is 16.5. The summed E-state index contributed by atoms with van der Waals surface area (Å²) in [5, 5.41) is 3.27. The fourth-order valence-corrected chi connectivity index (χ4v) is 1.99. The molecule has 4 nitrogen and oxygen atoms in total. The third-order valence-electron chi connectivity index (χ3n) is 2.80. The summed E-state index contributed by atoms with van der Waals surface area (Å²) in [5.74, 6) is 2.21. The van der Waals surface area contributed by atoms with Gasteiger partial charge in [-0.25, -0.2) is 9.97 Å². The van der Waals surface area contributed by atoms with Gasteiger partial charge in [-0.05, 0) is 40.0 Å². The third-order valence-corrected chi connectivity index (χ3v) is 2.80. The molecule has 4 heteroatoms. The molecule has 0 atom stereocenters. The molecular weight excluding hydrogens is 238 g/mol. The Bertz CT molecular complexity index is 402. The van der Waals surface area contributed by atoms with Crippen LogP contribution in [0, 0.1) is 5.92 Å². The summed E-state index contributed by atoms with van der Waals surface area (Å²) in [6.07, 6.45) is 0.954. The second-order valence-electron chi connectivity index (χ2n) is 5.64. The van der Waals surface area contributed by atoms with Crippen molar-refractivity contribution >= 4 is 5.82 Å². The zero-order chi connectivity index (χ0) is 14.5. The van der Waals surface area contributed by atoms with Crippen molar-refractivity contribution < 1.29 is 4.74 Å². The minimum atomic E-state index is -0.452. The number of hydrogen-bond acceptors (Lipinski definition) is 4. The van der Waals surface area contributed by atoms with E-state index < -0.39 is 5.60 Å². The molecule has 19 heavy (non-hydrogen) atoms. The molecule has 108 valence electrons. The van der Waals surface area contributed by atoms with E-state index in [4.69, 9.17) is 4.74 Å². The van der Waals surface area contributed by atoms with E-state index in [9.17, 15) is 0 Å². The molecule has 1 N–H and O–H groups in total. The van der Waals surface area contributed by atoms with Crippen molar-refractivity contribution in [1.82, 2.24) is 9.97 Å². The molecule has 0 aliphatic rings. The van der Waals surface area contributed by atoms with Crippen LogP contribution in [0.15, 0.2) is 6.07 Å². The topological polar surface area (TPSA) is 47.0 Å². The van der Waals surface area contributed by atoms with E-state index in [0.717, 1.165) is 30.3 Å². The van der Waals surface area contributed by atoms with Crippen LogP contribution in [-0.2, 0) is 16.8 Å². The number of anilines is 1. The summed E-state index contributed by atoms with van der Waals surface area (Å²) in [6.45, 7) is 14.0. The van der Waals surface area contributed by atoms with E-state index >= 15 is 0 Å². The molecule has 0 spiro atoms. The molecule has 0 fully saturated rings. The molecule has 0 amide bonds. The molecule has 0 bridgehead atoms. The first kappa shape index (κ1) is 15.9. The van der Waals surface area contributed by atoms with Gasteiger partial charge in [-0.15, -0.1) is 0 Å². The molecule has 1 heterocycles. The van der Waals surface area contributed by atoms with Crippen molar-refractivity contribution in [3.05, 3.63) is 17.6 Å². The van der Waals surface area contributed by atoms with E-state index in [1.165, 1.54) is 0 Å². The fraction of sp³-hybridized carbons (Fsp3) is 0.733. The molecule has 0 saturated carbocycles. The summed E-state index contributed by atoms with van der Waals surface area (Å²) in [7, 11) is 0. The average Bonchev–Trinajstić information content (AvgIpc) is 2.28. The quantitative estimate of drug-likeness (QED) is 0.821. The molecule has 1 aromatic rings. The van der Waals surface area contributed by atoms with Gasteiger partial charge in [-0.1, -0.05) is 13.8 Å². The Balaban J connectivity index is 3.11. The lowest BCUT2D eigenvalue weighted by atomic mass is 10.1. The summed E-state index contributed by atoms with van der Waals surface area (Å²) in [5.41, 5.74) is 0.620. The van der Waals surface area contributed by atoms with Gasteiger partial charge in [0.25, 0.3) is 0 Å². The summed E-state index contributed by atoms with van der Waals surface area (Å²) < 4.78 is 5.76. The lowest BCUT2D eigenvalue weighted by Crippen LogP contribution is -2.26. The van der Waals surface area contributed by atoms with E-state index in [1.807, 2.05) is 26.8 Å².